The zero-order valence-electron chi connectivity index (χ0n) is 18.0. The predicted octanol–water partition coefficient (Wildman–Crippen LogP) is 1.93. The van der Waals surface area contributed by atoms with Crippen LogP contribution in [0.15, 0.2) is 24.3 Å². The van der Waals surface area contributed by atoms with Crippen LogP contribution in [0.5, 0.6) is 0 Å². The van der Waals surface area contributed by atoms with Crippen molar-refractivity contribution in [2.75, 3.05) is 26.2 Å². The van der Waals surface area contributed by atoms with E-state index in [1.165, 1.54) is 0 Å². The number of alkyl carbamates (subject to hydrolysis) is 1. The Morgan fingerprint density at radius 3 is 2.23 bits per heavy atom. The highest BCUT2D eigenvalue weighted by Gasteiger charge is 2.34. The molecule has 170 valence electrons. The standard InChI is InChI=1S/C21H29N3O7/c1-21(2,3)31-19(28)22-12-14(25)13-23(20(29)30)10-6-7-11-24-17(26)15-8-4-5-9-16(15)18(24)27/h4-5,8-9,14,25H,6-7,10-13H2,1-3H3,(H,22,28)(H,29,30). The van der Waals surface area contributed by atoms with Crippen LogP contribution in [0.25, 0.3) is 0 Å². The summed E-state index contributed by atoms with van der Waals surface area (Å²) in [6, 6.07) is 6.60. The Kier molecular flexibility index (Phi) is 7.98. The van der Waals surface area contributed by atoms with Gasteiger partial charge in [0.25, 0.3) is 11.8 Å². The predicted molar refractivity (Wildman–Crippen MR) is 111 cm³/mol. The van der Waals surface area contributed by atoms with Crippen LogP contribution < -0.4 is 5.32 Å². The highest BCUT2D eigenvalue weighted by Crippen LogP contribution is 2.22. The monoisotopic (exact) mass is 435 g/mol. The van der Waals surface area contributed by atoms with Gasteiger partial charge in [0.15, 0.2) is 0 Å². The molecule has 1 aromatic carbocycles. The average Bonchev–Trinajstić information content (AvgIpc) is 2.92. The SMILES string of the molecule is CC(C)(C)OC(=O)NCC(O)CN(CCCCN1C(=O)c2ccccc2C1=O)C(=O)O. The van der Waals surface area contributed by atoms with Gasteiger partial charge in [0.05, 0.1) is 23.8 Å². The molecule has 0 saturated carbocycles. The number of imide groups is 1. The van der Waals surface area contributed by atoms with Gasteiger partial charge in [-0.2, -0.15) is 0 Å². The first-order valence-electron chi connectivity index (χ1n) is 10.1. The summed E-state index contributed by atoms with van der Waals surface area (Å²) < 4.78 is 5.06. The second-order valence-corrected chi connectivity index (χ2v) is 8.28. The van der Waals surface area contributed by atoms with Crippen molar-refractivity contribution in [3.63, 3.8) is 0 Å². The molecule has 0 spiro atoms. The molecule has 1 unspecified atom stereocenters. The molecule has 0 aliphatic carbocycles. The summed E-state index contributed by atoms with van der Waals surface area (Å²) in [7, 11) is 0. The third-order valence-electron chi connectivity index (χ3n) is 4.52. The lowest BCUT2D eigenvalue weighted by Crippen LogP contribution is -2.43. The summed E-state index contributed by atoms with van der Waals surface area (Å²) in [5, 5.41) is 21.8. The van der Waals surface area contributed by atoms with E-state index in [0.29, 0.717) is 24.0 Å². The maximum Gasteiger partial charge on any atom is 0.407 e. The molecule has 1 aromatic rings. The Hall–Kier alpha value is -3.14. The lowest BCUT2D eigenvalue weighted by molar-refractivity contribution is 0.0468. The van der Waals surface area contributed by atoms with Gasteiger partial charge in [-0.25, -0.2) is 9.59 Å². The molecule has 10 nitrogen and oxygen atoms in total. The van der Waals surface area contributed by atoms with Crippen molar-refractivity contribution in [3.8, 4) is 0 Å². The van der Waals surface area contributed by atoms with Crippen molar-refractivity contribution >= 4 is 24.0 Å². The Labute approximate surface area is 180 Å². The van der Waals surface area contributed by atoms with Gasteiger partial charge in [-0.3, -0.25) is 14.5 Å². The maximum atomic E-state index is 12.3. The van der Waals surface area contributed by atoms with Crippen LogP contribution in [0.2, 0.25) is 0 Å². The molecular weight excluding hydrogens is 406 g/mol. The number of hydrogen-bond donors (Lipinski definition) is 3. The lowest BCUT2D eigenvalue weighted by Gasteiger charge is -2.24. The number of nitrogens with zero attached hydrogens (tertiary/aromatic N) is 2. The number of amides is 4. The number of aliphatic hydroxyl groups is 1. The second-order valence-electron chi connectivity index (χ2n) is 8.28. The number of aliphatic hydroxyl groups excluding tert-OH is 1. The fourth-order valence-electron chi connectivity index (χ4n) is 3.11. The number of rotatable bonds is 9. The Morgan fingerprint density at radius 2 is 1.71 bits per heavy atom. The normalized spacial score (nSPS) is 14.3. The van der Waals surface area contributed by atoms with E-state index in [0.717, 1.165) is 9.80 Å². The number of hydrogen-bond acceptors (Lipinski definition) is 6. The molecule has 1 aliphatic heterocycles. The minimum atomic E-state index is -1.21. The molecule has 2 rings (SSSR count). The smallest absolute Gasteiger partial charge is 0.407 e. The first-order valence-corrected chi connectivity index (χ1v) is 10.1. The lowest BCUT2D eigenvalue weighted by atomic mass is 10.1. The van der Waals surface area contributed by atoms with Crippen LogP contribution in [0.3, 0.4) is 0 Å². The first kappa shape index (κ1) is 24.1. The molecule has 3 N–H and O–H groups in total. The molecular formula is C21H29N3O7. The summed E-state index contributed by atoms with van der Waals surface area (Å²) in [5.74, 6) is -0.696. The highest BCUT2D eigenvalue weighted by molar-refractivity contribution is 6.21. The van der Waals surface area contributed by atoms with Crippen molar-refractivity contribution < 1.29 is 34.1 Å². The molecule has 0 aromatic heterocycles. The number of nitrogens with one attached hydrogen (secondary N) is 1. The molecule has 0 saturated heterocycles. The second kappa shape index (κ2) is 10.3. The van der Waals surface area contributed by atoms with Crippen molar-refractivity contribution in [1.29, 1.82) is 0 Å². The summed E-state index contributed by atoms with van der Waals surface area (Å²) >= 11 is 0. The summed E-state index contributed by atoms with van der Waals surface area (Å²) in [5.41, 5.74) is 0.0715. The van der Waals surface area contributed by atoms with Crippen LogP contribution >= 0.6 is 0 Å². The average molecular weight is 435 g/mol. The molecule has 1 atom stereocenters. The van der Waals surface area contributed by atoms with Gasteiger partial charge in [0.1, 0.15) is 5.60 Å². The van der Waals surface area contributed by atoms with Gasteiger partial charge in [-0.05, 0) is 45.7 Å². The molecule has 4 amide bonds. The number of unbranched alkanes of at least 4 members (excludes halogenated alkanes) is 1. The van der Waals surface area contributed by atoms with Crippen molar-refractivity contribution in [2.24, 2.45) is 0 Å². The van der Waals surface area contributed by atoms with Gasteiger partial charge in [0.2, 0.25) is 0 Å². The number of carbonyl (C=O) groups is 4. The van der Waals surface area contributed by atoms with Crippen LogP contribution in [-0.4, -0.2) is 81.9 Å². The van der Waals surface area contributed by atoms with E-state index in [1.54, 1.807) is 45.0 Å². The Bertz CT molecular complexity index is 800. The zero-order valence-corrected chi connectivity index (χ0v) is 18.0. The first-order chi connectivity index (χ1) is 14.5. The van der Waals surface area contributed by atoms with Crippen LogP contribution in [0.4, 0.5) is 9.59 Å². The largest absolute Gasteiger partial charge is 0.465 e. The third kappa shape index (κ3) is 6.95. The van der Waals surface area contributed by atoms with Gasteiger partial charge in [-0.1, -0.05) is 12.1 Å². The Morgan fingerprint density at radius 1 is 1.13 bits per heavy atom. The van der Waals surface area contributed by atoms with E-state index in [1.807, 2.05) is 0 Å². The fourth-order valence-corrected chi connectivity index (χ4v) is 3.11. The fraction of sp³-hybridized carbons (Fsp3) is 0.524. The number of carbonyl (C=O) groups excluding carboxylic acids is 3. The van der Waals surface area contributed by atoms with Crippen LogP contribution in [0.1, 0.15) is 54.3 Å². The summed E-state index contributed by atoms with van der Waals surface area (Å²) in [4.78, 5) is 49.9. The van der Waals surface area contributed by atoms with Gasteiger partial charge in [-0.15, -0.1) is 0 Å². The highest BCUT2D eigenvalue weighted by atomic mass is 16.6. The molecule has 1 aliphatic rings. The van der Waals surface area contributed by atoms with Crippen molar-refractivity contribution in [3.05, 3.63) is 35.4 Å². The molecule has 0 bridgehead atoms. The van der Waals surface area contributed by atoms with Gasteiger partial charge >= 0.3 is 12.2 Å². The van der Waals surface area contributed by atoms with Crippen molar-refractivity contribution in [2.45, 2.75) is 45.3 Å². The van der Waals surface area contributed by atoms with E-state index in [9.17, 15) is 29.4 Å². The van der Waals surface area contributed by atoms with Crippen LogP contribution in [-0.2, 0) is 4.74 Å². The minimum absolute atomic E-state index is 0.113. The Balaban J connectivity index is 1.75. The van der Waals surface area contributed by atoms with Crippen LogP contribution in [0, 0.1) is 0 Å². The number of carboxylic acid groups (broad SMARTS) is 1. The van der Waals surface area contributed by atoms with Gasteiger partial charge in [0, 0.05) is 19.6 Å². The number of fused-ring (bicyclic) bond motifs is 1. The summed E-state index contributed by atoms with van der Waals surface area (Å²) in [6.07, 6.45) is -2.21. The zero-order chi connectivity index (χ0) is 23.2. The molecule has 10 heteroatoms. The van der Waals surface area contributed by atoms with E-state index >= 15 is 0 Å². The molecule has 1 heterocycles. The third-order valence-corrected chi connectivity index (χ3v) is 4.52. The number of benzene rings is 1. The van der Waals surface area contributed by atoms with E-state index < -0.39 is 23.9 Å². The van der Waals surface area contributed by atoms with E-state index in [2.05, 4.69) is 5.32 Å². The van der Waals surface area contributed by atoms with Gasteiger partial charge < -0.3 is 25.2 Å². The van der Waals surface area contributed by atoms with E-state index in [4.69, 9.17) is 4.74 Å². The topological polar surface area (TPSA) is 136 Å². The van der Waals surface area contributed by atoms with Crippen molar-refractivity contribution in [1.82, 2.24) is 15.1 Å². The molecule has 31 heavy (non-hydrogen) atoms. The quantitative estimate of drug-likeness (QED) is 0.398. The number of ether oxygens (including phenoxy) is 1. The maximum absolute atomic E-state index is 12.3. The summed E-state index contributed by atoms with van der Waals surface area (Å²) in [6.45, 7) is 5.06. The van der Waals surface area contributed by atoms with E-state index in [-0.39, 0.29) is 38.0 Å². The minimum Gasteiger partial charge on any atom is -0.465 e. The molecule has 0 radical (unpaired) electrons. The molecule has 0 fully saturated rings.